The third-order valence-corrected chi connectivity index (χ3v) is 4.02. The second-order valence-electron chi connectivity index (χ2n) is 5.04. The molecule has 3 heteroatoms. The molecule has 0 aromatic heterocycles. The second-order valence-corrected chi connectivity index (χ2v) is 5.48. The molecule has 1 aliphatic heterocycles. The minimum Gasteiger partial charge on any atom is -0.303 e. The third-order valence-electron chi connectivity index (χ3n) is 3.77. The number of benzene rings is 1. The van der Waals surface area contributed by atoms with Crippen LogP contribution in [0.25, 0.3) is 0 Å². The number of nitrogens with zero attached hydrogens (tertiary/aromatic N) is 1. The zero-order valence-electron chi connectivity index (χ0n) is 10.9. The van der Waals surface area contributed by atoms with Gasteiger partial charge in [0.2, 0.25) is 0 Å². The zero-order valence-corrected chi connectivity index (χ0v) is 11.6. The van der Waals surface area contributed by atoms with Crippen LogP contribution in [0.5, 0.6) is 0 Å². The maximum Gasteiger partial charge on any atom is 0.164 e. The van der Waals surface area contributed by atoms with Crippen LogP contribution in [0.2, 0.25) is 5.02 Å². The van der Waals surface area contributed by atoms with Gasteiger partial charge < -0.3 is 4.90 Å². The predicted molar refractivity (Wildman–Crippen MR) is 75.2 cm³/mol. The lowest BCUT2D eigenvalue weighted by Gasteiger charge is -2.14. The fourth-order valence-corrected chi connectivity index (χ4v) is 2.61. The molecule has 0 spiro atoms. The largest absolute Gasteiger partial charge is 0.303 e. The van der Waals surface area contributed by atoms with E-state index in [1.54, 1.807) is 12.1 Å². The van der Waals surface area contributed by atoms with Crippen molar-refractivity contribution in [3.63, 3.8) is 0 Å². The van der Waals surface area contributed by atoms with Gasteiger partial charge in [0.25, 0.3) is 0 Å². The van der Waals surface area contributed by atoms with Gasteiger partial charge in [0.1, 0.15) is 0 Å². The van der Waals surface area contributed by atoms with Gasteiger partial charge in [-0.1, -0.05) is 24.9 Å². The summed E-state index contributed by atoms with van der Waals surface area (Å²) in [4.78, 5) is 14.4. The van der Waals surface area contributed by atoms with Gasteiger partial charge in [-0.25, -0.2) is 0 Å². The fourth-order valence-electron chi connectivity index (χ4n) is 2.49. The number of rotatable bonds is 5. The van der Waals surface area contributed by atoms with Crippen LogP contribution < -0.4 is 0 Å². The lowest BCUT2D eigenvalue weighted by molar-refractivity contribution is 0.0968. The number of Topliss-reactive ketones (excluding diaryl/α,β-unsaturated/α-hetero) is 1. The molecule has 0 bridgehead atoms. The van der Waals surface area contributed by atoms with Crippen LogP contribution >= 0.6 is 11.6 Å². The van der Waals surface area contributed by atoms with Gasteiger partial charge in [-0.05, 0) is 43.1 Å². The van der Waals surface area contributed by atoms with E-state index >= 15 is 0 Å². The molecule has 1 saturated heterocycles. The Bertz CT molecular complexity index is 401. The Labute approximate surface area is 114 Å². The summed E-state index contributed by atoms with van der Waals surface area (Å²) < 4.78 is 0. The monoisotopic (exact) mass is 265 g/mol. The molecule has 0 aliphatic carbocycles. The average Bonchev–Trinajstić information content (AvgIpc) is 2.85. The standard InChI is InChI=1S/C15H20ClNO/c1-2-12-7-9-17(11-12)10-8-15(18)13-3-5-14(16)6-4-13/h3-6,12H,2,7-11H2,1H3. The van der Waals surface area contributed by atoms with Crippen LogP contribution in [0.1, 0.15) is 36.5 Å². The Morgan fingerprint density at radius 3 is 2.72 bits per heavy atom. The van der Waals surface area contributed by atoms with E-state index in [1.807, 2.05) is 12.1 Å². The summed E-state index contributed by atoms with van der Waals surface area (Å²) in [6.07, 6.45) is 3.14. The van der Waals surface area contributed by atoms with Crippen molar-refractivity contribution in [2.24, 2.45) is 5.92 Å². The number of hydrogen-bond donors (Lipinski definition) is 0. The Morgan fingerprint density at radius 1 is 1.39 bits per heavy atom. The van der Waals surface area contributed by atoms with E-state index in [2.05, 4.69) is 11.8 Å². The molecule has 1 heterocycles. The highest BCUT2D eigenvalue weighted by molar-refractivity contribution is 6.30. The molecular formula is C15H20ClNO. The Hall–Kier alpha value is -0.860. The topological polar surface area (TPSA) is 20.3 Å². The molecule has 0 radical (unpaired) electrons. The molecule has 0 amide bonds. The van der Waals surface area contributed by atoms with Crippen LogP contribution in [0, 0.1) is 5.92 Å². The first-order chi connectivity index (χ1) is 8.69. The van der Waals surface area contributed by atoms with Crippen molar-refractivity contribution in [1.29, 1.82) is 0 Å². The van der Waals surface area contributed by atoms with Crippen LogP contribution in [0.3, 0.4) is 0 Å². The molecule has 0 N–H and O–H groups in total. The van der Waals surface area contributed by atoms with Crippen molar-refractivity contribution in [1.82, 2.24) is 4.90 Å². The first-order valence-corrected chi connectivity index (χ1v) is 7.08. The molecule has 1 unspecified atom stereocenters. The van der Waals surface area contributed by atoms with E-state index in [0.717, 1.165) is 31.1 Å². The average molecular weight is 266 g/mol. The summed E-state index contributed by atoms with van der Waals surface area (Å²) >= 11 is 5.81. The van der Waals surface area contributed by atoms with Gasteiger partial charge >= 0.3 is 0 Å². The minimum absolute atomic E-state index is 0.214. The molecule has 1 aromatic rings. The number of ketones is 1. The van der Waals surface area contributed by atoms with Gasteiger partial charge in [0.15, 0.2) is 5.78 Å². The van der Waals surface area contributed by atoms with Gasteiger partial charge in [-0.3, -0.25) is 4.79 Å². The van der Waals surface area contributed by atoms with Crippen molar-refractivity contribution in [2.75, 3.05) is 19.6 Å². The quantitative estimate of drug-likeness (QED) is 0.758. The lowest BCUT2D eigenvalue weighted by Crippen LogP contribution is -2.23. The number of hydrogen-bond acceptors (Lipinski definition) is 2. The first-order valence-electron chi connectivity index (χ1n) is 6.70. The molecular weight excluding hydrogens is 246 g/mol. The zero-order chi connectivity index (χ0) is 13.0. The summed E-state index contributed by atoms with van der Waals surface area (Å²) in [7, 11) is 0. The van der Waals surface area contributed by atoms with Crippen molar-refractivity contribution in [3.05, 3.63) is 34.9 Å². The molecule has 2 nitrogen and oxygen atoms in total. The maximum atomic E-state index is 12.0. The van der Waals surface area contributed by atoms with E-state index in [-0.39, 0.29) is 5.78 Å². The number of carbonyl (C=O) groups is 1. The van der Waals surface area contributed by atoms with Gasteiger partial charge in [-0.15, -0.1) is 0 Å². The third kappa shape index (κ3) is 3.56. The first kappa shape index (κ1) is 13.6. The summed E-state index contributed by atoms with van der Waals surface area (Å²) in [5.41, 5.74) is 0.769. The van der Waals surface area contributed by atoms with E-state index in [4.69, 9.17) is 11.6 Å². The van der Waals surface area contributed by atoms with E-state index < -0.39 is 0 Å². The summed E-state index contributed by atoms with van der Waals surface area (Å²) in [5.74, 6) is 1.04. The summed E-state index contributed by atoms with van der Waals surface area (Å²) in [5, 5.41) is 0.678. The molecule has 1 aromatic carbocycles. The number of likely N-dealkylation sites (tertiary alicyclic amines) is 1. The van der Waals surface area contributed by atoms with Gasteiger partial charge in [0, 0.05) is 30.1 Å². The van der Waals surface area contributed by atoms with Crippen LogP contribution in [-0.2, 0) is 0 Å². The molecule has 1 aliphatic rings. The smallest absolute Gasteiger partial charge is 0.164 e. The van der Waals surface area contributed by atoms with Gasteiger partial charge in [0.05, 0.1) is 0 Å². The molecule has 98 valence electrons. The van der Waals surface area contributed by atoms with E-state index in [0.29, 0.717) is 11.4 Å². The van der Waals surface area contributed by atoms with Crippen molar-refractivity contribution in [2.45, 2.75) is 26.2 Å². The van der Waals surface area contributed by atoms with Crippen LogP contribution in [-0.4, -0.2) is 30.3 Å². The van der Waals surface area contributed by atoms with Crippen LogP contribution in [0.4, 0.5) is 0 Å². The highest BCUT2D eigenvalue weighted by atomic mass is 35.5. The molecule has 0 saturated carbocycles. The van der Waals surface area contributed by atoms with Crippen molar-refractivity contribution in [3.8, 4) is 0 Å². The van der Waals surface area contributed by atoms with Crippen LogP contribution in [0.15, 0.2) is 24.3 Å². The van der Waals surface area contributed by atoms with Crippen molar-refractivity contribution >= 4 is 17.4 Å². The normalized spacial score (nSPS) is 20.2. The molecule has 18 heavy (non-hydrogen) atoms. The van der Waals surface area contributed by atoms with E-state index in [9.17, 15) is 4.79 Å². The molecule has 1 atom stereocenters. The van der Waals surface area contributed by atoms with Crippen molar-refractivity contribution < 1.29 is 4.79 Å². The highest BCUT2D eigenvalue weighted by Crippen LogP contribution is 2.19. The summed E-state index contributed by atoms with van der Waals surface area (Å²) in [6, 6.07) is 7.17. The number of halogens is 1. The Morgan fingerprint density at radius 2 is 2.11 bits per heavy atom. The molecule has 2 rings (SSSR count). The maximum absolute atomic E-state index is 12.0. The fraction of sp³-hybridized carbons (Fsp3) is 0.533. The molecule has 1 fully saturated rings. The summed E-state index contributed by atoms with van der Waals surface area (Å²) in [6.45, 7) is 5.43. The number of carbonyl (C=O) groups excluding carboxylic acids is 1. The minimum atomic E-state index is 0.214. The van der Waals surface area contributed by atoms with E-state index in [1.165, 1.54) is 12.8 Å². The van der Waals surface area contributed by atoms with Gasteiger partial charge in [-0.2, -0.15) is 0 Å². The highest BCUT2D eigenvalue weighted by Gasteiger charge is 2.21. The second kappa shape index (κ2) is 6.35. The lowest BCUT2D eigenvalue weighted by atomic mass is 10.1. The predicted octanol–water partition coefficient (Wildman–Crippen LogP) is 3.64. The SMILES string of the molecule is CCC1CCN(CCC(=O)c2ccc(Cl)cc2)C1. The Balaban J connectivity index is 1.80. The Kier molecular flexibility index (Phi) is 4.79.